The van der Waals surface area contributed by atoms with Gasteiger partial charge in [0.1, 0.15) is 48.3 Å². The van der Waals surface area contributed by atoms with Crippen LogP contribution in [0.2, 0.25) is 0 Å². The molecule has 0 radical (unpaired) electrons. The molecule has 6 fully saturated rings. The first-order valence-electron chi connectivity index (χ1n) is 21.6. The van der Waals surface area contributed by atoms with E-state index in [9.17, 15) is 35.4 Å². The normalized spacial score (nSPS) is 48.9. The van der Waals surface area contributed by atoms with Gasteiger partial charge in [-0.3, -0.25) is 14.6 Å². The number of carbonyl (C=O) groups is 1. The predicted octanol–water partition coefficient (Wildman–Crippen LogP) is -4.90. The van der Waals surface area contributed by atoms with Crippen LogP contribution in [-0.2, 0) is 38.0 Å². The van der Waals surface area contributed by atoms with Gasteiger partial charge < -0.3 is 92.0 Å². The lowest BCUT2D eigenvalue weighted by Gasteiger charge is -2.56. The highest BCUT2D eigenvalue weighted by atomic mass is 16.8. The highest BCUT2D eigenvalue weighted by Gasteiger charge is 2.64. The number of hydrogen-bond donors (Lipinski definition) is 11. The number of hydrogen-bond acceptors (Lipinski definition) is 21. The van der Waals surface area contributed by atoms with Crippen molar-refractivity contribution in [3.05, 3.63) is 0 Å². The lowest BCUT2D eigenvalue weighted by molar-refractivity contribution is -0.423. The van der Waals surface area contributed by atoms with Crippen molar-refractivity contribution in [1.82, 2.24) is 15.1 Å². The largest absolute Gasteiger partial charge is 0.390 e. The molecule has 0 aromatic rings. The Hall–Kier alpha value is -1.13. The number of rotatable bonds is 15. The average Bonchev–Trinajstić information content (AvgIpc) is 3.18. The highest BCUT2D eigenvalue weighted by molar-refractivity contribution is 5.87. The Morgan fingerprint density at radius 1 is 0.817 bits per heavy atom. The lowest BCUT2D eigenvalue weighted by Crippen LogP contribution is -2.78. The zero-order chi connectivity index (χ0) is 43.8. The fraction of sp³-hybridized carbons (Fsp3) is 0.974. The number of fused-ring (bicyclic) bond motifs is 2. The second-order valence-corrected chi connectivity index (χ2v) is 18.3. The molecule has 0 aromatic heterocycles. The third kappa shape index (κ3) is 9.91. The second-order valence-electron chi connectivity index (χ2n) is 18.3. The van der Waals surface area contributed by atoms with Gasteiger partial charge in [0, 0.05) is 25.0 Å². The van der Waals surface area contributed by atoms with Crippen molar-refractivity contribution < 1.29 is 68.6 Å². The van der Waals surface area contributed by atoms with Crippen LogP contribution in [0, 0.1) is 0 Å². The Bertz CT molecular complexity index is 1410. The van der Waals surface area contributed by atoms with Gasteiger partial charge in [0.2, 0.25) is 6.29 Å². The van der Waals surface area contributed by atoms with Gasteiger partial charge in [-0.2, -0.15) is 0 Å². The molecule has 2 saturated carbocycles. The number of ketones is 1. The molecule has 4 unspecified atom stereocenters. The molecular formula is C39H73N7O14. The third-order valence-electron chi connectivity index (χ3n) is 13.5. The van der Waals surface area contributed by atoms with E-state index < -0.39 is 127 Å². The smallest absolute Gasteiger partial charge is 0.280 e. The molecule has 6 aliphatic rings. The van der Waals surface area contributed by atoms with Crippen LogP contribution in [-0.4, -0.2) is 221 Å². The number of aliphatic hydroxyl groups excluding tert-OH is 4. The number of nitrogens with zero attached hydrogens (tertiary/aromatic N) is 2. The van der Waals surface area contributed by atoms with Gasteiger partial charge in [-0.1, -0.05) is 12.8 Å². The summed E-state index contributed by atoms with van der Waals surface area (Å²) in [6, 6.07) is -4.09. The summed E-state index contributed by atoms with van der Waals surface area (Å²) in [4.78, 5) is 16.7. The number of nitrogens with one attached hydrogen (secondary N) is 1. The van der Waals surface area contributed by atoms with Crippen LogP contribution in [0.15, 0.2) is 0 Å². The van der Waals surface area contributed by atoms with E-state index in [1.54, 1.807) is 20.9 Å². The fourth-order valence-corrected chi connectivity index (χ4v) is 10.1. The second kappa shape index (κ2) is 19.9. The van der Waals surface area contributed by atoms with Gasteiger partial charge in [-0.15, -0.1) is 0 Å². The summed E-state index contributed by atoms with van der Waals surface area (Å²) in [6.45, 7) is 4.48. The van der Waals surface area contributed by atoms with Crippen LogP contribution in [0.1, 0.15) is 65.2 Å². The molecule has 4 aliphatic heterocycles. The number of carbonyl (C=O) groups excluding carboxylic acids is 1. The number of nitrogens with two attached hydrogens (primary N) is 4. The van der Waals surface area contributed by atoms with Crippen LogP contribution in [0.3, 0.4) is 0 Å². The Morgan fingerprint density at radius 3 is 2.08 bits per heavy atom. The summed E-state index contributed by atoms with van der Waals surface area (Å²) < 4.78 is 41.9. The molecule has 60 heavy (non-hydrogen) atoms. The Labute approximate surface area is 352 Å². The van der Waals surface area contributed by atoms with E-state index in [0.717, 1.165) is 25.7 Å². The van der Waals surface area contributed by atoms with Crippen LogP contribution < -0.4 is 28.3 Å². The predicted molar refractivity (Wildman–Crippen MR) is 212 cm³/mol. The van der Waals surface area contributed by atoms with Crippen LogP contribution in [0.5, 0.6) is 0 Å². The van der Waals surface area contributed by atoms with E-state index in [-0.39, 0.29) is 25.6 Å². The first-order chi connectivity index (χ1) is 28.3. The van der Waals surface area contributed by atoms with Gasteiger partial charge in [0.25, 0.3) is 5.79 Å². The number of ether oxygens (including phenoxy) is 7. The minimum atomic E-state index is -2.36. The maximum atomic E-state index is 12.9. The summed E-state index contributed by atoms with van der Waals surface area (Å²) in [6.07, 6.45) is -8.54. The van der Waals surface area contributed by atoms with Crippen LogP contribution in [0.4, 0.5) is 0 Å². The number of Topliss-reactive ketones (excluding diaryl/α,β-unsaturated/α-hetero) is 1. The van der Waals surface area contributed by atoms with Gasteiger partial charge in [-0.05, 0) is 80.2 Å². The molecule has 0 aromatic carbocycles. The highest BCUT2D eigenvalue weighted by Crippen LogP contribution is 2.42. The molecule has 15 N–H and O–H groups in total. The zero-order valence-corrected chi connectivity index (χ0v) is 35.6. The zero-order valence-electron chi connectivity index (χ0n) is 35.6. The molecule has 0 spiro atoms. The molecule has 0 amide bonds. The Balaban J connectivity index is 0.997. The molecule has 6 rings (SSSR count). The van der Waals surface area contributed by atoms with Crippen molar-refractivity contribution in [1.29, 1.82) is 0 Å². The van der Waals surface area contributed by atoms with Crippen molar-refractivity contribution in [3.63, 3.8) is 0 Å². The third-order valence-corrected chi connectivity index (χ3v) is 13.5. The minimum Gasteiger partial charge on any atom is -0.390 e. The van der Waals surface area contributed by atoms with Crippen molar-refractivity contribution in [2.75, 3.05) is 47.4 Å². The molecule has 4 heterocycles. The first kappa shape index (κ1) is 48.3. The number of unbranched alkanes of at least 4 members (excludes halogenated alkanes) is 3. The van der Waals surface area contributed by atoms with Gasteiger partial charge in [-0.25, -0.2) is 0 Å². The van der Waals surface area contributed by atoms with Gasteiger partial charge >= 0.3 is 0 Å². The van der Waals surface area contributed by atoms with Crippen molar-refractivity contribution in [2.45, 2.75) is 193 Å². The van der Waals surface area contributed by atoms with Crippen LogP contribution in [0.25, 0.3) is 0 Å². The van der Waals surface area contributed by atoms with Gasteiger partial charge in [0.15, 0.2) is 18.4 Å². The average molecular weight is 864 g/mol. The maximum absolute atomic E-state index is 12.9. The molecular weight excluding hydrogens is 790 g/mol. The van der Waals surface area contributed by atoms with E-state index in [1.165, 1.54) is 0 Å². The topological polar surface area (TPSA) is 326 Å². The molecule has 21 atom stereocenters. The van der Waals surface area contributed by atoms with E-state index >= 15 is 0 Å². The standard InChI is InChI=1S/C39H73N7O14/c1-18-14-23(47)39(53)37(55-18)59-33-27(49)24(44-3)26(48)25(32(33)60-39)45(4)12-8-6-7-9-13-46(5)34-29(51)36(54-17-38(34,2)52)58-31-22(43)15-21(42)30(28(31)50)57-35-20(41)11-10-19(16-40)56-35/h18-22,24-37,44,48-53H,6-17,40-43H2,1-5H3/t18-,19+,20-,21+,22-,24-,25+,26+,27+,28+,29-,30?,31?,32-,33-,34-,35?,36?,37+,38+,39+/m1/s1. The summed E-state index contributed by atoms with van der Waals surface area (Å²) in [5.74, 6) is -2.94. The summed E-state index contributed by atoms with van der Waals surface area (Å²) in [5, 5.41) is 71.3. The quantitative estimate of drug-likeness (QED) is 0.0688. The number of likely N-dealkylation sites (N-methyl/N-ethyl adjacent to an activating group) is 3. The van der Waals surface area contributed by atoms with Gasteiger partial charge in [0.05, 0.1) is 49.1 Å². The fourth-order valence-electron chi connectivity index (χ4n) is 10.1. The first-order valence-corrected chi connectivity index (χ1v) is 21.6. The van der Waals surface area contributed by atoms with E-state index in [0.29, 0.717) is 32.5 Å². The number of aliphatic hydroxyl groups is 6. The molecule has 0 bridgehead atoms. The molecule has 2 aliphatic carbocycles. The monoisotopic (exact) mass is 864 g/mol. The molecule has 21 nitrogen and oxygen atoms in total. The Kier molecular flexibility index (Phi) is 16.1. The van der Waals surface area contributed by atoms with Crippen molar-refractivity contribution >= 4 is 5.78 Å². The van der Waals surface area contributed by atoms with E-state index in [4.69, 9.17) is 56.1 Å². The van der Waals surface area contributed by atoms with Crippen molar-refractivity contribution in [2.24, 2.45) is 22.9 Å². The van der Waals surface area contributed by atoms with Crippen molar-refractivity contribution in [3.8, 4) is 0 Å². The molecule has 348 valence electrons. The van der Waals surface area contributed by atoms with E-state index in [2.05, 4.69) is 5.32 Å². The lowest BCUT2D eigenvalue weighted by atomic mass is 9.79. The molecule has 4 saturated heterocycles. The summed E-state index contributed by atoms with van der Waals surface area (Å²) in [5.41, 5.74) is 23.5. The maximum Gasteiger partial charge on any atom is 0.280 e. The molecule has 21 heteroatoms. The Morgan fingerprint density at radius 2 is 1.45 bits per heavy atom. The SMILES string of the molecule is CN[C@H]1[C@H](O)[C@H]2O[C@@H]3O[C@H](C)CC(=O)[C@]3(O)O[C@@H]2[C@@H](N(C)CCCCCCN(C)[C@@H]2[C@@H](O)C(OC3[C@@H](O)C(OC4O[C@H](CN)CC[C@H]4N)[C@@H](N)C[C@H]3N)OC[C@]2(C)O)[C@H]1O. The van der Waals surface area contributed by atoms with Crippen LogP contribution >= 0.6 is 0 Å². The summed E-state index contributed by atoms with van der Waals surface area (Å²) >= 11 is 0. The minimum absolute atomic E-state index is 0.0674. The summed E-state index contributed by atoms with van der Waals surface area (Å²) in [7, 11) is 5.25. The van der Waals surface area contributed by atoms with E-state index in [1.807, 2.05) is 23.9 Å².